The van der Waals surface area contributed by atoms with E-state index in [0.717, 1.165) is 0 Å². The first-order valence-corrected chi connectivity index (χ1v) is 3.36. The maximum absolute atomic E-state index is 11.1. The van der Waals surface area contributed by atoms with Crippen molar-refractivity contribution in [3.8, 4) is 0 Å². The van der Waals surface area contributed by atoms with Crippen LogP contribution in [0.25, 0.3) is 0 Å². The molecule has 1 unspecified atom stereocenters. The lowest BCUT2D eigenvalue weighted by Crippen LogP contribution is -2.37. The van der Waals surface area contributed by atoms with E-state index in [0.29, 0.717) is 10.6 Å². The lowest BCUT2D eigenvalue weighted by molar-refractivity contribution is -0.565. The van der Waals surface area contributed by atoms with Gasteiger partial charge < -0.3 is 5.73 Å². The maximum Gasteiger partial charge on any atom is 0.300 e. The molecule has 0 aliphatic carbocycles. The largest absolute Gasteiger partial charge is 0.363 e. The lowest BCUT2D eigenvalue weighted by atomic mass is 10.1. The van der Waals surface area contributed by atoms with Crippen molar-refractivity contribution in [1.29, 1.82) is 0 Å². The molecular formula is C6H6N5O+. The van der Waals surface area contributed by atoms with Gasteiger partial charge >= 0.3 is 6.04 Å². The highest BCUT2D eigenvalue weighted by Crippen LogP contribution is 2.06. The Balaban J connectivity index is 2.45. The van der Waals surface area contributed by atoms with Gasteiger partial charge in [0, 0.05) is 12.3 Å². The van der Waals surface area contributed by atoms with Crippen molar-refractivity contribution in [2.75, 3.05) is 0 Å². The predicted molar refractivity (Wildman–Crippen MR) is 44.1 cm³/mol. The van der Waals surface area contributed by atoms with Crippen molar-refractivity contribution in [3.05, 3.63) is 17.2 Å². The van der Waals surface area contributed by atoms with Crippen molar-refractivity contribution >= 4 is 17.9 Å². The first kappa shape index (κ1) is 6.84. The summed E-state index contributed by atoms with van der Waals surface area (Å²) in [6.07, 6.45) is 4.64. The molecule has 6 heteroatoms. The van der Waals surface area contributed by atoms with E-state index in [4.69, 9.17) is 5.73 Å². The molecule has 0 radical (unpaired) electrons. The Morgan fingerprint density at radius 2 is 2.42 bits per heavy atom. The minimum atomic E-state index is -0.463. The van der Waals surface area contributed by atoms with E-state index in [-0.39, 0.29) is 5.96 Å². The number of guanidine groups is 1. The molecule has 0 fully saturated rings. The van der Waals surface area contributed by atoms with E-state index < -0.39 is 6.04 Å². The van der Waals surface area contributed by atoms with Gasteiger partial charge in [-0.3, -0.25) is 4.99 Å². The van der Waals surface area contributed by atoms with Crippen LogP contribution in [0.5, 0.6) is 0 Å². The fourth-order valence-electron chi connectivity index (χ4n) is 1.03. The Labute approximate surface area is 67.8 Å². The predicted octanol–water partition coefficient (Wildman–Crippen LogP) is -0.584. The fraction of sp³-hybridized carbons (Fsp3) is 0.167. The van der Waals surface area contributed by atoms with Gasteiger partial charge in [0.15, 0.2) is 4.87 Å². The Morgan fingerprint density at radius 3 is 3.25 bits per heavy atom. The second-order valence-corrected chi connectivity index (χ2v) is 2.36. The number of nitroso groups, excluding NO2 is 1. The van der Waals surface area contributed by atoms with Gasteiger partial charge in [-0.2, -0.15) is 0 Å². The Morgan fingerprint density at radius 1 is 1.58 bits per heavy atom. The molecule has 2 aliphatic heterocycles. The van der Waals surface area contributed by atoms with Crippen molar-refractivity contribution in [2.24, 2.45) is 20.8 Å². The highest BCUT2D eigenvalue weighted by atomic mass is 16.3. The summed E-state index contributed by atoms with van der Waals surface area (Å²) in [7, 11) is 0. The summed E-state index contributed by atoms with van der Waals surface area (Å²) in [6.45, 7) is 0. The Hall–Kier alpha value is -1.85. The van der Waals surface area contributed by atoms with E-state index in [2.05, 4.69) is 15.1 Å². The summed E-state index contributed by atoms with van der Waals surface area (Å²) < 4.78 is 0. The number of aliphatic imine (C=N–C) groups is 2. The number of rotatable bonds is 0. The van der Waals surface area contributed by atoms with Crippen LogP contribution in [-0.2, 0) is 0 Å². The molecule has 0 amide bonds. The zero-order valence-corrected chi connectivity index (χ0v) is 6.08. The molecule has 2 heterocycles. The van der Waals surface area contributed by atoms with E-state index in [9.17, 15) is 4.91 Å². The zero-order valence-electron chi connectivity index (χ0n) is 6.08. The molecule has 0 aromatic carbocycles. The molecule has 0 saturated heterocycles. The molecule has 1 atom stereocenters. The molecular weight excluding hydrogens is 158 g/mol. The molecule has 0 saturated carbocycles. The van der Waals surface area contributed by atoms with Crippen LogP contribution >= 0.6 is 0 Å². The normalized spacial score (nSPS) is 26.3. The minimum Gasteiger partial charge on any atom is -0.363 e. The Kier molecular flexibility index (Phi) is 1.33. The van der Waals surface area contributed by atoms with E-state index in [1.54, 1.807) is 6.08 Å². The maximum atomic E-state index is 11.1. The molecule has 2 N–H and O–H groups in total. The van der Waals surface area contributed by atoms with E-state index >= 15 is 0 Å². The van der Waals surface area contributed by atoms with Crippen LogP contribution in [0.1, 0.15) is 0 Å². The van der Waals surface area contributed by atoms with E-state index in [1.807, 2.05) is 0 Å². The topological polar surface area (TPSA) is 83.2 Å². The van der Waals surface area contributed by atoms with Gasteiger partial charge in [0.05, 0.1) is 16.2 Å². The molecule has 2 aliphatic rings. The van der Waals surface area contributed by atoms with Crippen molar-refractivity contribution in [2.45, 2.75) is 6.04 Å². The zero-order chi connectivity index (χ0) is 8.55. The number of fused-ring (bicyclic) bond motifs is 1. The molecule has 60 valence electrons. The number of nitrogens with two attached hydrogens (primary N) is 1. The van der Waals surface area contributed by atoms with Gasteiger partial charge in [-0.1, -0.05) is 0 Å². The first-order chi connectivity index (χ1) is 5.77. The highest BCUT2D eigenvalue weighted by molar-refractivity contribution is 6.35. The lowest BCUT2D eigenvalue weighted by Gasteiger charge is -2.06. The van der Waals surface area contributed by atoms with Crippen LogP contribution in [-0.4, -0.2) is 28.8 Å². The number of hydrogen-bond acceptors (Lipinski definition) is 4. The second-order valence-electron chi connectivity index (χ2n) is 2.36. The number of hydrazone groups is 1. The third-order valence-electron chi connectivity index (χ3n) is 1.55. The van der Waals surface area contributed by atoms with Crippen LogP contribution in [0.2, 0.25) is 0 Å². The minimum absolute atomic E-state index is 0.0296. The van der Waals surface area contributed by atoms with Crippen LogP contribution in [0, 0.1) is 4.91 Å². The third-order valence-corrected chi connectivity index (χ3v) is 1.55. The van der Waals surface area contributed by atoms with E-state index in [1.165, 1.54) is 12.4 Å². The summed E-state index contributed by atoms with van der Waals surface area (Å²) in [6, 6.07) is -0.463. The van der Waals surface area contributed by atoms with Gasteiger partial charge in [-0.25, -0.2) is 4.99 Å². The average Bonchev–Trinajstić information content (AvgIpc) is 2.04. The smallest absolute Gasteiger partial charge is 0.300 e. The van der Waals surface area contributed by atoms with Crippen molar-refractivity contribution < 1.29 is 4.87 Å². The van der Waals surface area contributed by atoms with Gasteiger partial charge in [0.25, 0.3) is 5.96 Å². The molecule has 0 spiro atoms. The summed E-state index contributed by atoms with van der Waals surface area (Å²) in [4.78, 5) is 19.3. The van der Waals surface area contributed by atoms with Crippen molar-refractivity contribution in [3.63, 3.8) is 0 Å². The fourth-order valence-corrected chi connectivity index (χ4v) is 1.03. The molecule has 0 aromatic rings. The van der Waals surface area contributed by atoms with Gasteiger partial charge in [-0.15, -0.1) is 0 Å². The number of nitrogens with zero attached hydrogens (tertiary/aromatic N) is 4. The highest BCUT2D eigenvalue weighted by Gasteiger charge is 2.34. The van der Waals surface area contributed by atoms with Crippen LogP contribution in [0.4, 0.5) is 0 Å². The van der Waals surface area contributed by atoms with Crippen molar-refractivity contribution in [1.82, 2.24) is 0 Å². The Bertz CT molecular complexity index is 351. The summed E-state index contributed by atoms with van der Waals surface area (Å²) in [5.41, 5.74) is 5.79. The SMILES string of the molecule is NC1=N[N+](=O)C2C=CN=CC2=N1. The van der Waals surface area contributed by atoms with Gasteiger partial charge in [0.2, 0.25) is 0 Å². The van der Waals surface area contributed by atoms with Crippen LogP contribution < -0.4 is 5.73 Å². The standard InChI is InChI=1S/C6H6N5O/c7-6-9-4-3-8-2-1-5(4)11(12)10-6/h1-3,5H,(H2,7,10,12)/q+1. The molecule has 12 heavy (non-hydrogen) atoms. The summed E-state index contributed by atoms with van der Waals surface area (Å²) >= 11 is 0. The first-order valence-electron chi connectivity index (χ1n) is 3.36. The second kappa shape index (κ2) is 2.33. The monoisotopic (exact) mass is 164 g/mol. The van der Waals surface area contributed by atoms with Gasteiger partial charge in [-0.05, 0) is 0 Å². The van der Waals surface area contributed by atoms with Crippen LogP contribution in [0.15, 0.2) is 27.4 Å². The molecule has 0 aromatic heterocycles. The quantitative estimate of drug-likeness (QED) is 0.485. The molecule has 0 bridgehead atoms. The third kappa shape index (κ3) is 0.931. The molecule has 2 rings (SSSR count). The summed E-state index contributed by atoms with van der Waals surface area (Å²) in [5, 5.41) is 3.44. The number of hydrogen-bond donors (Lipinski definition) is 1. The van der Waals surface area contributed by atoms with Crippen LogP contribution in [0.3, 0.4) is 0 Å². The average molecular weight is 164 g/mol. The van der Waals surface area contributed by atoms with Gasteiger partial charge in [0.1, 0.15) is 5.71 Å². The molecule has 6 nitrogen and oxygen atoms in total. The summed E-state index contributed by atoms with van der Waals surface area (Å²) in [5.74, 6) is -0.0296.